The Labute approximate surface area is 147 Å². The first-order chi connectivity index (χ1) is 12.0. The van der Waals surface area contributed by atoms with E-state index >= 15 is 0 Å². The third-order valence-corrected chi connectivity index (χ3v) is 4.77. The summed E-state index contributed by atoms with van der Waals surface area (Å²) in [4.78, 5) is 27.1. The molecule has 2 aromatic rings. The van der Waals surface area contributed by atoms with Gasteiger partial charge in [-0.15, -0.1) is 0 Å². The van der Waals surface area contributed by atoms with Gasteiger partial charge in [-0.3, -0.25) is 9.59 Å². The van der Waals surface area contributed by atoms with E-state index in [1.54, 1.807) is 11.0 Å². The van der Waals surface area contributed by atoms with Gasteiger partial charge in [0.15, 0.2) is 11.7 Å². The zero-order chi connectivity index (χ0) is 18.0. The molecule has 0 radical (unpaired) electrons. The molecule has 1 fully saturated rings. The van der Waals surface area contributed by atoms with Crippen molar-refractivity contribution >= 4 is 11.7 Å². The number of carbonyl (C=O) groups is 2. The zero-order valence-corrected chi connectivity index (χ0v) is 14.5. The van der Waals surface area contributed by atoms with Crippen molar-refractivity contribution in [2.24, 2.45) is 5.92 Å². The van der Waals surface area contributed by atoms with Gasteiger partial charge in [-0.25, -0.2) is 0 Å². The number of Topliss-reactive ketones (excluding diaryl/α,β-unsaturated/α-hetero) is 1. The van der Waals surface area contributed by atoms with Crippen LogP contribution in [0.2, 0.25) is 0 Å². The smallest absolute Gasteiger partial charge is 0.247 e. The Morgan fingerprint density at radius 1 is 1.12 bits per heavy atom. The summed E-state index contributed by atoms with van der Waals surface area (Å²) in [5.41, 5.74) is 3.05. The Kier molecular flexibility index (Phi) is 4.71. The number of aromatic nitrogens is 1. The van der Waals surface area contributed by atoms with Gasteiger partial charge < -0.3 is 9.47 Å². The van der Waals surface area contributed by atoms with E-state index in [0.717, 1.165) is 29.9 Å². The summed E-state index contributed by atoms with van der Waals surface area (Å²) >= 11 is 0. The van der Waals surface area contributed by atoms with Crippen molar-refractivity contribution in [1.29, 1.82) is 5.26 Å². The summed E-state index contributed by atoms with van der Waals surface area (Å²) in [5.74, 6) is -2.04. The van der Waals surface area contributed by atoms with E-state index in [2.05, 4.69) is 0 Å². The van der Waals surface area contributed by atoms with Gasteiger partial charge in [-0.1, -0.05) is 18.2 Å². The predicted octanol–water partition coefficient (Wildman–Crippen LogP) is 3.04. The van der Waals surface area contributed by atoms with Gasteiger partial charge in [0.1, 0.15) is 0 Å². The van der Waals surface area contributed by atoms with Crippen molar-refractivity contribution in [1.82, 2.24) is 9.47 Å². The first-order valence-corrected chi connectivity index (χ1v) is 8.51. The lowest BCUT2D eigenvalue weighted by molar-refractivity contribution is -0.131. The minimum Gasteiger partial charge on any atom is -0.341 e. The number of hydrogen-bond donors (Lipinski definition) is 0. The summed E-state index contributed by atoms with van der Waals surface area (Å²) in [6.45, 7) is 5.03. The number of benzene rings is 1. The van der Waals surface area contributed by atoms with Crippen molar-refractivity contribution in [3.63, 3.8) is 0 Å². The maximum atomic E-state index is 12.9. The highest BCUT2D eigenvalue weighted by Crippen LogP contribution is 2.24. The fourth-order valence-corrected chi connectivity index (χ4v) is 3.49. The second-order valence-corrected chi connectivity index (χ2v) is 6.41. The number of para-hydroxylation sites is 1. The standard InChI is InChI=1S/C20H21N3O2/c1-14-12-17(15(2)23(14)16-8-4-3-5-9-16)19(24)18(13-21)20(25)22-10-6-7-11-22/h3-5,8-9,12,18H,6-7,10-11H2,1-2H3/t18-/m0/s1. The van der Waals surface area contributed by atoms with Crippen LogP contribution >= 0.6 is 0 Å². The molecule has 5 heteroatoms. The fraction of sp³-hybridized carbons (Fsp3) is 0.350. The topological polar surface area (TPSA) is 66.1 Å². The van der Waals surface area contributed by atoms with Crippen LogP contribution in [0.15, 0.2) is 36.4 Å². The molecule has 1 aromatic carbocycles. The van der Waals surface area contributed by atoms with Crippen LogP contribution in [0.1, 0.15) is 34.6 Å². The maximum Gasteiger partial charge on any atom is 0.247 e. The van der Waals surface area contributed by atoms with Crippen LogP contribution in [0, 0.1) is 31.1 Å². The van der Waals surface area contributed by atoms with E-state index < -0.39 is 11.7 Å². The number of aryl methyl sites for hydroxylation is 1. The quantitative estimate of drug-likeness (QED) is 0.637. The van der Waals surface area contributed by atoms with Crippen LogP contribution in [-0.4, -0.2) is 34.2 Å². The number of rotatable bonds is 4. The van der Waals surface area contributed by atoms with Crippen LogP contribution in [-0.2, 0) is 4.79 Å². The summed E-state index contributed by atoms with van der Waals surface area (Å²) in [7, 11) is 0. The first-order valence-electron chi connectivity index (χ1n) is 8.51. The van der Waals surface area contributed by atoms with Crippen LogP contribution < -0.4 is 0 Å². The van der Waals surface area contributed by atoms with Gasteiger partial charge in [0.2, 0.25) is 5.91 Å². The molecular weight excluding hydrogens is 314 g/mol. The lowest BCUT2D eigenvalue weighted by Gasteiger charge is -2.18. The highest BCUT2D eigenvalue weighted by molar-refractivity contribution is 6.12. The molecule has 3 rings (SSSR count). The Morgan fingerprint density at radius 3 is 2.36 bits per heavy atom. The van der Waals surface area contributed by atoms with Gasteiger partial charge >= 0.3 is 0 Å². The number of likely N-dealkylation sites (tertiary alicyclic amines) is 1. The molecule has 0 saturated carbocycles. The molecule has 2 heterocycles. The second-order valence-electron chi connectivity index (χ2n) is 6.41. The highest BCUT2D eigenvalue weighted by atomic mass is 16.2. The van der Waals surface area contributed by atoms with E-state index in [4.69, 9.17) is 0 Å². The normalized spacial score (nSPS) is 15.0. The summed E-state index contributed by atoms with van der Waals surface area (Å²) in [6.07, 6.45) is 1.86. The molecule has 1 aromatic heterocycles. The molecule has 0 aliphatic carbocycles. The molecular formula is C20H21N3O2. The van der Waals surface area contributed by atoms with Gasteiger partial charge in [0.25, 0.3) is 0 Å². The van der Waals surface area contributed by atoms with Crippen LogP contribution in [0.3, 0.4) is 0 Å². The van der Waals surface area contributed by atoms with Gasteiger partial charge in [-0.05, 0) is 44.9 Å². The molecule has 128 valence electrons. The number of carbonyl (C=O) groups excluding carboxylic acids is 2. The first kappa shape index (κ1) is 17.0. The molecule has 5 nitrogen and oxygen atoms in total. The highest BCUT2D eigenvalue weighted by Gasteiger charge is 2.34. The molecule has 25 heavy (non-hydrogen) atoms. The van der Waals surface area contributed by atoms with Gasteiger partial charge in [-0.2, -0.15) is 5.26 Å². The minimum atomic E-state index is -1.26. The van der Waals surface area contributed by atoms with E-state index in [1.165, 1.54) is 0 Å². The Balaban J connectivity index is 1.94. The molecule has 0 N–H and O–H groups in total. The van der Waals surface area contributed by atoms with Crippen molar-refractivity contribution in [2.75, 3.05) is 13.1 Å². The zero-order valence-electron chi connectivity index (χ0n) is 14.5. The molecule has 1 aliphatic heterocycles. The van der Waals surface area contributed by atoms with Crippen molar-refractivity contribution in [3.05, 3.63) is 53.3 Å². The number of nitrogens with zero attached hydrogens (tertiary/aromatic N) is 3. The van der Waals surface area contributed by atoms with Gasteiger partial charge in [0, 0.05) is 35.7 Å². The molecule has 1 atom stereocenters. The lowest BCUT2D eigenvalue weighted by Crippen LogP contribution is -2.37. The number of ketones is 1. The molecule has 0 spiro atoms. The van der Waals surface area contributed by atoms with Crippen LogP contribution in [0.5, 0.6) is 0 Å². The Morgan fingerprint density at radius 2 is 1.76 bits per heavy atom. The molecule has 1 saturated heterocycles. The minimum absolute atomic E-state index is 0.366. The maximum absolute atomic E-state index is 12.9. The van der Waals surface area contributed by atoms with Crippen molar-refractivity contribution < 1.29 is 9.59 Å². The van der Waals surface area contributed by atoms with E-state index in [1.807, 2.05) is 54.8 Å². The average Bonchev–Trinajstić information content (AvgIpc) is 3.24. The second kappa shape index (κ2) is 6.94. The summed E-state index contributed by atoms with van der Waals surface area (Å²) < 4.78 is 1.97. The number of amides is 1. The number of nitriles is 1. The van der Waals surface area contributed by atoms with E-state index in [-0.39, 0.29) is 5.91 Å². The average molecular weight is 335 g/mol. The third-order valence-electron chi connectivity index (χ3n) is 4.77. The monoisotopic (exact) mass is 335 g/mol. The van der Waals surface area contributed by atoms with Gasteiger partial charge in [0.05, 0.1) is 6.07 Å². The van der Waals surface area contributed by atoms with Crippen molar-refractivity contribution in [2.45, 2.75) is 26.7 Å². The third kappa shape index (κ3) is 3.08. The molecule has 1 aliphatic rings. The van der Waals surface area contributed by atoms with Crippen LogP contribution in [0.25, 0.3) is 5.69 Å². The Bertz CT molecular complexity index is 840. The predicted molar refractivity (Wildman–Crippen MR) is 94.5 cm³/mol. The SMILES string of the molecule is Cc1cc(C(=O)[C@H](C#N)C(=O)N2CCCC2)c(C)n1-c1ccccc1. The summed E-state index contributed by atoms with van der Waals surface area (Å²) in [5, 5.41) is 9.45. The van der Waals surface area contributed by atoms with E-state index in [9.17, 15) is 14.9 Å². The molecule has 0 bridgehead atoms. The van der Waals surface area contributed by atoms with E-state index in [0.29, 0.717) is 18.7 Å². The molecule has 0 unspecified atom stereocenters. The summed E-state index contributed by atoms with van der Waals surface area (Å²) in [6, 6.07) is 13.4. The molecule has 1 amide bonds. The van der Waals surface area contributed by atoms with Crippen LogP contribution in [0.4, 0.5) is 0 Å². The number of hydrogen-bond acceptors (Lipinski definition) is 3. The lowest BCUT2D eigenvalue weighted by atomic mass is 9.97. The fourth-order valence-electron chi connectivity index (χ4n) is 3.49. The Hall–Kier alpha value is -2.87. The largest absolute Gasteiger partial charge is 0.341 e. The van der Waals surface area contributed by atoms with Crippen molar-refractivity contribution in [3.8, 4) is 11.8 Å².